The van der Waals surface area contributed by atoms with E-state index in [1.165, 1.54) is 5.56 Å². The first-order valence-electron chi connectivity index (χ1n) is 10.1. The zero-order chi connectivity index (χ0) is 20.8. The predicted octanol–water partition coefficient (Wildman–Crippen LogP) is 2.47. The molecule has 0 spiro atoms. The number of aromatic nitrogens is 1. The topological polar surface area (TPSA) is 83.7 Å². The van der Waals surface area contributed by atoms with Gasteiger partial charge >= 0.3 is 5.97 Å². The number of ether oxygens (including phenoxy) is 2. The molecular formula is C23H25N3O4. The number of fused-ring (bicyclic) bond motifs is 1. The molecule has 7 nitrogen and oxygen atoms in total. The predicted molar refractivity (Wildman–Crippen MR) is 113 cm³/mol. The minimum absolute atomic E-state index is 0.316. The number of rotatable bonds is 7. The number of nitrogens with one attached hydrogen (secondary N) is 2. The lowest BCUT2D eigenvalue weighted by Gasteiger charge is -2.27. The summed E-state index contributed by atoms with van der Waals surface area (Å²) in [5, 5.41) is 3.62. The number of carbonyl (C=O) groups excluding carboxylic acids is 2. The number of amides is 1. The van der Waals surface area contributed by atoms with Crippen molar-refractivity contribution in [1.29, 1.82) is 0 Å². The maximum Gasteiger partial charge on any atom is 0.340 e. The van der Waals surface area contributed by atoms with Gasteiger partial charge in [0, 0.05) is 43.3 Å². The van der Waals surface area contributed by atoms with E-state index in [-0.39, 0.29) is 12.5 Å². The van der Waals surface area contributed by atoms with Crippen LogP contribution in [0.3, 0.4) is 0 Å². The second kappa shape index (κ2) is 9.56. The van der Waals surface area contributed by atoms with Crippen LogP contribution in [-0.4, -0.2) is 54.7 Å². The number of benzene rings is 2. The Labute approximate surface area is 175 Å². The molecule has 7 heteroatoms. The highest BCUT2D eigenvalue weighted by Crippen LogP contribution is 2.18. The summed E-state index contributed by atoms with van der Waals surface area (Å²) < 4.78 is 10.6. The van der Waals surface area contributed by atoms with Crippen LogP contribution in [0.2, 0.25) is 0 Å². The SMILES string of the molecule is O=C(COC(=O)c1c[nH]c2ccccc12)NCc1ccccc1CN1CCOCC1. The van der Waals surface area contributed by atoms with Crippen LogP contribution in [0, 0.1) is 0 Å². The van der Waals surface area contributed by atoms with E-state index in [4.69, 9.17) is 9.47 Å². The number of H-pyrrole nitrogens is 1. The van der Waals surface area contributed by atoms with Crippen LogP contribution in [0.15, 0.2) is 54.7 Å². The van der Waals surface area contributed by atoms with Crippen molar-refractivity contribution in [3.8, 4) is 0 Å². The molecule has 1 aliphatic rings. The number of nitrogens with zero attached hydrogens (tertiary/aromatic N) is 1. The van der Waals surface area contributed by atoms with Crippen LogP contribution in [-0.2, 0) is 27.4 Å². The molecule has 2 N–H and O–H groups in total. The third kappa shape index (κ3) is 4.87. The average Bonchev–Trinajstić information content (AvgIpc) is 3.22. The Morgan fingerprint density at radius 3 is 2.60 bits per heavy atom. The molecule has 0 atom stereocenters. The van der Waals surface area contributed by atoms with Crippen LogP contribution in [0.5, 0.6) is 0 Å². The normalized spacial score (nSPS) is 14.5. The van der Waals surface area contributed by atoms with Crippen molar-refractivity contribution in [2.45, 2.75) is 13.1 Å². The molecule has 0 radical (unpaired) electrons. The van der Waals surface area contributed by atoms with Gasteiger partial charge in [0.25, 0.3) is 5.91 Å². The Bertz CT molecular complexity index is 1020. The second-order valence-corrected chi connectivity index (χ2v) is 7.26. The number of esters is 1. The van der Waals surface area contributed by atoms with Gasteiger partial charge in [-0.25, -0.2) is 4.79 Å². The lowest BCUT2D eigenvalue weighted by molar-refractivity contribution is -0.124. The third-order valence-electron chi connectivity index (χ3n) is 5.24. The maximum atomic E-state index is 12.3. The fourth-order valence-electron chi connectivity index (χ4n) is 3.58. The first-order valence-corrected chi connectivity index (χ1v) is 10.1. The number of morpholine rings is 1. The molecule has 2 heterocycles. The molecule has 4 rings (SSSR count). The van der Waals surface area contributed by atoms with Crippen molar-refractivity contribution >= 4 is 22.8 Å². The molecule has 1 fully saturated rings. The first-order chi connectivity index (χ1) is 14.7. The van der Waals surface area contributed by atoms with Gasteiger partial charge in [0.1, 0.15) is 0 Å². The molecule has 1 aromatic heterocycles. The van der Waals surface area contributed by atoms with E-state index in [1.807, 2.05) is 42.5 Å². The highest BCUT2D eigenvalue weighted by atomic mass is 16.5. The summed E-state index contributed by atoms with van der Waals surface area (Å²) in [6.45, 7) is 4.22. The molecule has 3 aromatic rings. The Balaban J connectivity index is 1.29. The van der Waals surface area contributed by atoms with Gasteiger partial charge in [0.15, 0.2) is 6.61 Å². The van der Waals surface area contributed by atoms with Crippen molar-refractivity contribution in [3.63, 3.8) is 0 Å². The summed E-state index contributed by atoms with van der Waals surface area (Å²) in [5.74, 6) is -0.848. The molecule has 0 aliphatic carbocycles. The molecule has 2 aromatic carbocycles. The van der Waals surface area contributed by atoms with Crippen LogP contribution in [0.25, 0.3) is 10.9 Å². The minimum atomic E-state index is -0.518. The summed E-state index contributed by atoms with van der Waals surface area (Å²) in [6.07, 6.45) is 1.60. The smallest absolute Gasteiger partial charge is 0.340 e. The molecule has 1 aliphatic heterocycles. The van der Waals surface area contributed by atoms with Crippen LogP contribution >= 0.6 is 0 Å². The third-order valence-corrected chi connectivity index (χ3v) is 5.24. The summed E-state index contributed by atoms with van der Waals surface area (Å²) >= 11 is 0. The van der Waals surface area contributed by atoms with E-state index in [2.05, 4.69) is 21.3 Å². The Kier molecular flexibility index (Phi) is 6.41. The molecular weight excluding hydrogens is 382 g/mol. The number of para-hydroxylation sites is 1. The largest absolute Gasteiger partial charge is 0.452 e. The van der Waals surface area contributed by atoms with Crippen molar-refractivity contribution in [2.24, 2.45) is 0 Å². The Morgan fingerprint density at radius 1 is 1.03 bits per heavy atom. The van der Waals surface area contributed by atoms with E-state index in [0.29, 0.717) is 12.1 Å². The minimum Gasteiger partial charge on any atom is -0.452 e. The molecule has 156 valence electrons. The van der Waals surface area contributed by atoms with Crippen molar-refractivity contribution in [2.75, 3.05) is 32.9 Å². The zero-order valence-corrected chi connectivity index (χ0v) is 16.7. The maximum absolute atomic E-state index is 12.3. The molecule has 0 bridgehead atoms. The Hall–Kier alpha value is -3.16. The zero-order valence-electron chi connectivity index (χ0n) is 16.7. The highest BCUT2D eigenvalue weighted by Gasteiger charge is 2.16. The lowest BCUT2D eigenvalue weighted by Crippen LogP contribution is -2.36. The average molecular weight is 407 g/mol. The van der Waals surface area contributed by atoms with E-state index in [9.17, 15) is 9.59 Å². The van der Waals surface area contributed by atoms with Crippen LogP contribution in [0.1, 0.15) is 21.5 Å². The first kappa shape index (κ1) is 20.1. The summed E-state index contributed by atoms with van der Waals surface area (Å²) in [6, 6.07) is 15.5. The molecule has 0 unspecified atom stereocenters. The molecule has 30 heavy (non-hydrogen) atoms. The van der Waals surface area contributed by atoms with Gasteiger partial charge < -0.3 is 19.8 Å². The fraction of sp³-hybridized carbons (Fsp3) is 0.304. The van der Waals surface area contributed by atoms with E-state index >= 15 is 0 Å². The Morgan fingerprint density at radius 2 is 1.77 bits per heavy atom. The number of hydrogen-bond acceptors (Lipinski definition) is 5. The second-order valence-electron chi connectivity index (χ2n) is 7.26. The van der Waals surface area contributed by atoms with Gasteiger partial charge in [-0.2, -0.15) is 0 Å². The summed E-state index contributed by atoms with van der Waals surface area (Å²) in [7, 11) is 0. The van der Waals surface area contributed by atoms with Gasteiger partial charge in [0.05, 0.1) is 18.8 Å². The van der Waals surface area contributed by atoms with Gasteiger partial charge in [0.2, 0.25) is 0 Å². The quantitative estimate of drug-likeness (QED) is 0.588. The van der Waals surface area contributed by atoms with E-state index in [1.54, 1.807) is 6.20 Å². The van der Waals surface area contributed by atoms with Crippen molar-refractivity contribution in [1.82, 2.24) is 15.2 Å². The monoisotopic (exact) mass is 407 g/mol. The van der Waals surface area contributed by atoms with Gasteiger partial charge in [-0.05, 0) is 17.2 Å². The van der Waals surface area contributed by atoms with Gasteiger partial charge in [-0.3, -0.25) is 9.69 Å². The number of carbonyl (C=O) groups is 2. The standard InChI is InChI=1S/C23H25N3O4/c27-22(16-30-23(28)20-14-24-21-8-4-3-7-19(20)21)25-13-17-5-1-2-6-18(17)15-26-9-11-29-12-10-26/h1-8,14,24H,9-13,15-16H2,(H,25,27). The van der Waals surface area contributed by atoms with Gasteiger partial charge in [-0.15, -0.1) is 0 Å². The summed E-state index contributed by atoms with van der Waals surface area (Å²) in [5.41, 5.74) is 3.51. The summed E-state index contributed by atoms with van der Waals surface area (Å²) in [4.78, 5) is 29.9. The molecule has 0 saturated carbocycles. The van der Waals surface area contributed by atoms with Crippen LogP contribution < -0.4 is 5.32 Å². The number of hydrogen-bond donors (Lipinski definition) is 2. The van der Waals surface area contributed by atoms with Gasteiger partial charge in [-0.1, -0.05) is 42.5 Å². The van der Waals surface area contributed by atoms with Crippen molar-refractivity contribution in [3.05, 3.63) is 71.4 Å². The highest BCUT2D eigenvalue weighted by molar-refractivity contribution is 6.04. The lowest BCUT2D eigenvalue weighted by atomic mass is 10.1. The number of aromatic amines is 1. The fourth-order valence-corrected chi connectivity index (χ4v) is 3.58. The van der Waals surface area contributed by atoms with Crippen molar-refractivity contribution < 1.29 is 19.1 Å². The van der Waals surface area contributed by atoms with E-state index < -0.39 is 5.97 Å². The molecule has 1 amide bonds. The van der Waals surface area contributed by atoms with Crippen LogP contribution in [0.4, 0.5) is 0 Å². The molecule has 1 saturated heterocycles. The van der Waals surface area contributed by atoms with E-state index in [0.717, 1.165) is 49.3 Å².